The number of benzene rings is 1. The van der Waals surface area contributed by atoms with Gasteiger partial charge in [0.1, 0.15) is 6.61 Å². The Bertz CT molecular complexity index is 658. The lowest BCUT2D eigenvalue weighted by atomic mass is 10.3. The second-order valence-corrected chi connectivity index (χ2v) is 7.19. The quantitative estimate of drug-likeness (QED) is 0.830. The predicted molar refractivity (Wildman–Crippen MR) is 79.3 cm³/mol. The molecule has 8 heteroatoms. The molecule has 1 unspecified atom stereocenters. The molecule has 7 nitrogen and oxygen atoms in total. The molecule has 1 aromatic rings. The highest BCUT2D eigenvalue weighted by Crippen LogP contribution is 2.24. The van der Waals surface area contributed by atoms with Crippen molar-refractivity contribution in [3.8, 4) is 0 Å². The minimum atomic E-state index is -3.55. The molecule has 0 aromatic heterocycles. The van der Waals surface area contributed by atoms with E-state index < -0.39 is 16.1 Å². The number of rotatable bonds is 3. The van der Waals surface area contributed by atoms with E-state index in [1.54, 1.807) is 12.1 Å². The van der Waals surface area contributed by atoms with Crippen LogP contribution in [0.1, 0.15) is 6.92 Å². The first-order valence-electron chi connectivity index (χ1n) is 7.14. The molecule has 2 fully saturated rings. The number of ether oxygens (including phenoxy) is 2. The van der Waals surface area contributed by atoms with Gasteiger partial charge in [0.25, 0.3) is 0 Å². The minimum Gasteiger partial charge on any atom is -0.447 e. The van der Waals surface area contributed by atoms with Crippen LogP contribution in [0, 0.1) is 0 Å². The first kappa shape index (κ1) is 15.3. The van der Waals surface area contributed by atoms with Crippen LogP contribution in [0.4, 0.5) is 10.5 Å². The Kier molecular flexibility index (Phi) is 4.07. The van der Waals surface area contributed by atoms with Crippen LogP contribution in [-0.4, -0.2) is 57.8 Å². The van der Waals surface area contributed by atoms with Gasteiger partial charge in [0, 0.05) is 18.3 Å². The van der Waals surface area contributed by atoms with Gasteiger partial charge >= 0.3 is 6.09 Å². The van der Waals surface area contributed by atoms with E-state index in [4.69, 9.17) is 9.47 Å². The second kappa shape index (κ2) is 5.86. The molecule has 2 aliphatic rings. The number of hydrogen-bond acceptors (Lipinski definition) is 5. The van der Waals surface area contributed by atoms with Crippen molar-refractivity contribution >= 4 is 21.8 Å². The van der Waals surface area contributed by atoms with Crippen LogP contribution in [0.15, 0.2) is 29.2 Å². The van der Waals surface area contributed by atoms with E-state index in [0.29, 0.717) is 38.6 Å². The lowest BCUT2D eigenvalue weighted by Crippen LogP contribution is -2.46. The maximum atomic E-state index is 12.7. The van der Waals surface area contributed by atoms with E-state index in [0.717, 1.165) is 0 Å². The summed E-state index contributed by atoms with van der Waals surface area (Å²) in [5.41, 5.74) is 0.636. The van der Waals surface area contributed by atoms with E-state index in [-0.39, 0.29) is 10.9 Å². The molecule has 0 aliphatic carbocycles. The van der Waals surface area contributed by atoms with Gasteiger partial charge in [0.15, 0.2) is 0 Å². The maximum Gasteiger partial charge on any atom is 0.414 e. The second-order valence-electron chi connectivity index (χ2n) is 5.30. The molecule has 0 bridgehead atoms. The average molecular weight is 326 g/mol. The normalized spacial score (nSPS) is 23.6. The highest BCUT2D eigenvalue weighted by molar-refractivity contribution is 7.89. The molecule has 2 heterocycles. The Morgan fingerprint density at radius 3 is 2.45 bits per heavy atom. The molecule has 1 aromatic carbocycles. The van der Waals surface area contributed by atoms with Gasteiger partial charge in [-0.15, -0.1) is 0 Å². The third-order valence-electron chi connectivity index (χ3n) is 3.82. The van der Waals surface area contributed by atoms with Crippen LogP contribution in [0.25, 0.3) is 0 Å². The van der Waals surface area contributed by atoms with Crippen LogP contribution >= 0.6 is 0 Å². The van der Waals surface area contributed by atoms with E-state index >= 15 is 0 Å². The van der Waals surface area contributed by atoms with E-state index in [9.17, 15) is 13.2 Å². The van der Waals surface area contributed by atoms with Crippen molar-refractivity contribution in [3.63, 3.8) is 0 Å². The van der Waals surface area contributed by atoms with Crippen LogP contribution in [0.2, 0.25) is 0 Å². The van der Waals surface area contributed by atoms with Gasteiger partial charge in [-0.1, -0.05) is 0 Å². The molecule has 2 aliphatic heterocycles. The molecule has 0 spiro atoms. The third kappa shape index (κ3) is 2.69. The number of nitrogens with zero attached hydrogens (tertiary/aromatic N) is 2. The monoisotopic (exact) mass is 326 g/mol. The lowest BCUT2D eigenvalue weighted by Gasteiger charge is -2.32. The number of cyclic esters (lactones) is 1. The molecule has 1 atom stereocenters. The van der Waals surface area contributed by atoms with Gasteiger partial charge in [0.05, 0.1) is 24.7 Å². The Morgan fingerprint density at radius 1 is 1.14 bits per heavy atom. The van der Waals surface area contributed by atoms with Crippen LogP contribution in [0.3, 0.4) is 0 Å². The van der Waals surface area contributed by atoms with Crippen molar-refractivity contribution in [3.05, 3.63) is 24.3 Å². The molecule has 3 rings (SSSR count). The SMILES string of the molecule is CC1COCCN1S(=O)(=O)c1ccc(N2CCOC2=O)cc1. The first-order chi connectivity index (χ1) is 10.5. The summed E-state index contributed by atoms with van der Waals surface area (Å²) < 4.78 is 36.9. The van der Waals surface area contributed by atoms with Crippen LogP contribution in [-0.2, 0) is 19.5 Å². The zero-order chi connectivity index (χ0) is 15.7. The summed E-state index contributed by atoms with van der Waals surface area (Å²) in [5, 5.41) is 0. The largest absolute Gasteiger partial charge is 0.447 e. The van der Waals surface area contributed by atoms with Gasteiger partial charge in [-0.2, -0.15) is 4.31 Å². The summed E-state index contributed by atoms with van der Waals surface area (Å²) in [5.74, 6) is 0. The third-order valence-corrected chi connectivity index (χ3v) is 5.85. The number of amides is 1. The van der Waals surface area contributed by atoms with Crippen molar-refractivity contribution in [2.45, 2.75) is 17.9 Å². The maximum absolute atomic E-state index is 12.7. The van der Waals surface area contributed by atoms with Gasteiger partial charge in [-0.25, -0.2) is 13.2 Å². The fourth-order valence-electron chi connectivity index (χ4n) is 2.63. The number of carbonyl (C=O) groups excluding carboxylic acids is 1. The van der Waals surface area contributed by atoms with Crippen molar-refractivity contribution in [2.24, 2.45) is 0 Å². The minimum absolute atomic E-state index is 0.188. The van der Waals surface area contributed by atoms with Gasteiger partial charge in [0.2, 0.25) is 10.0 Å². The molecule has 2 saturated heterocycles. The topological polar surface area (TPSA) is 76.2 Å². The summed E-state index contributed by atoms with van der Waals surface area (Å²) >= 11 is 0. The van der Waals surface area contributed by atoms with Crippen molar-refractivity contribution in [1.29, 1.82) is 0 Å². The van der Waals surface area contributed by atoms with Gasteiger partial charge in [-0.3, -0.25) is 4.90 Å². The summed E-state index contributed by atoms with van der Waals surface area (Å²) in [6.07, 6.45) is -0.405. The fourth-order valence-corrected chi connectivity index (χ4v) is 4.23. The van der Waals surface area contributed by atoms with E-state index in [2.05, 4.69) is 0 Å². The van der Waals surface area contributed by atoms with Gasteiger partial charge < -0.3 is 9.47 Å². The van der Waals surface area contributed by atoms with E-state index in [1.165, 1.54) is 21.3 Å². The molecule has 0 N–H and O–H groups in total. The van der Waals surface area contributed by atoms with E-state index in [1.807, 2.05) is 6.92 Å². The fraction of sp³-hybridized carbons (Fsp3) is 0.500. The van der Waals surface area contributed by atoms with Crippen LogP contribution < -0.4 is 4.90 Å². The number of sulfonamides is 1. The molecule has 0 radical (unpaired) electrons. The number of carbonyl (C=O) groups is 1. The Hall–Kier alpha value is -1.64. The molecule has 120 valence electrons. The molecular weight excluding hydrogens is 308 g/mol. The van der Waals surface area contributed by atoms with Crippen molar-refractivity contribution < 1.29 is 22.7 Å². The standard InChI is InChI=1S/C14H18N2O5S/c1-11-10-20-8-7-16(11)22(18,19)13-4-2-12(3-5-13)15-6-9-21-14(15)17/h2-5,11H,6-10H2,1H3. The molecule has 22 heavy (non-hydrogen) atoms. The highest BCUT2D eigenvalue weighted by Gasteiger charge is 2.32. The molecule has 0 saturated carbocycles. The summed E-state index contributed by atoms with van der Waals surface area (Å²) in [4.78, 5) is 13.2. The smallest absolute Gasteiger partial charge is 0.414 e. The zero-order valence-electron chi connectivity index (χ0n) is 12.3. The predicted octanol–water partition coefficient (Wildman–Crippen LogP) is 1.05. The number of hydrogen-bond donors (Lipinski definition) is 0. The summed E-state index contributed by atoms with van der Waals surface area (Å²) in [6, 6.07) is 6.12. The molecule has 1 amide bonds. The summed E-state index contributed by atoms with van der Waals surface area (Å²) in [6.45, 7) is 3.81. The zero-order valence-corrected chi connectivity index (χ0v) is 13.1. The summed E-state index contributed by atoms with van der Waals surface area (Å²) in [7, 11) is -3.55. The van der Waals surface area contributed by atoms with Gasteiger partial charge in [-0.05, 0) is 31.2 Å². The Labute approximate surface area is 129 Å². The first-order valence-corrected chi connectivity index (χ1v) is 8.58. The molecular formula is C14H18N2O5S. The number of anilines is 1. The Morgan fingerprint density at radius 2 is 1.86 bits per heavy atom. The van der Waals surface area contributed by atoms with Crippen molar-refractivity contribution in [2.75, 3.05) is 37.8 Å². The lowest BCUT2D eigenvalue weighted by molar-refractivity contribution is 0.0393. The number of morpholine rings is 1. The average Bonchev–Trinajstić information content (AvgIpc) is 2.94. The van der Waals surface area contributed by atoms with Crippen LogP contribution in [0.5, 0.6) is 0 Å². The van der Waals surface area contributed by atoms with Crippen molar-refractivity contribution in [1.82, 2.24) is 4.31 Å². The Balaban J connectivity index is 1.84. The highest BCUT2D eigenvalue weighted by atomic mass is 32.2.